The number of hydrogen-bond donors (Lipinski definition) is 2. The van der Waals surface area contributed by atoms with E-state index in [9.17, 15) is 13.5 Å². The van der Waals surface area contributed by atoms with Gasteiger partial charge >= 0.3 is 0 Å². The lowest BCUT2D eigenvalue weighted by Crippen LogP contribution is -2.35. The molecule has 0 heterocycles. The molecule has 0 aromatic heterocycles. The Morgan fingerprint density at radius 1 is 1.30 bits per heavy atom. The Hall–Kier alpha value is -0.910. The molecule has 0 aliphatic heterocycles. The SMILES string of the molecule is CC(CS(=O)(=O)NCC1CCCC1O)c1ccccc1. The van der Waals surface area contributed by atoms with E-state index in [4.69, 9.17) is 0 Å². The van der Waals surface area contributed by atoms with Crippen LogP contribution in [0, 0.1) is 5.92 Å². The van der Waals surface area contributed by atoms with E-state index in [0.717, 1.165) is 24.8 Å². The zero-order valence-electron chi connectivity index (χ0n) is 11.8. The van der Waals surface area contributed by atoms with Crippen molar-refractivity contribution in [2.75, 3.05) is 12.3 Å². The molecular weight excluding hydrogens is 274 g/mol. The minimum atomic E-state index is -3.30. The van der Waals surface area contributed by atoms with Crippen molar-refractivity contribution in [3.05, 3.63) is 35.9 Å². The molecule has 2 N–H and O–H groups in total. The second-order valence-corrected chi connectivity index (χ2v) is 7.55. The summed E-state index contributed by atoms with van der Waals surface area (Å²) in [5, 5.41) is 9.71. The van der Waals surface area contributed by atoms with Gasteiger partial charge in [-0.3, -0.25) is 0 Å². The highest BCUT2D eigenvalue weighted by Crippen LogP contribution is 2.25. The van der Waals surface area contributed by atoms with Crippen molar-refractivity contribution in [2.45, 2.75) is 38.2 Å². The molecule has 1 aliphatic carbocycles. The first kappa shape index (κ1) is 15.5. The first-order valence-corrected chi connectivity index (χ1v) is 8.83. The standard InChI is InChI=1S/C15H23NO3S/c1-12(13-6-3-2-4-7-13)11-20(18,19)16-10-14-8-5-9-15(14)17/h2-4,6-7,12,14-17H,5,8-11H2,1H3. The van der Waals surface area contributed by atoms with Crippen LogP contribution in [0.25, 0.3) is 0 Å². The number of nitrogens with one attached hydrogen (secondary N) is 1. The molecule has 1 aromatic rings. The predicted molar refractivity (Wildman–Crippen MR) is 80.0 cm³/mol. The highest BCUT2D eigenvalue weighted by atomic mass is 32.2. The van der Waals surface area contributed by atoms with Crippen molar-refractivity contribution in [1.29, 1.82) is 0 Å². The largest absolute Gasteiger partial charge is 0.393 e. The fourth-order valence-electron chi connectivity index (χ4n) is 2.76. The molecule has 0 saturated heterocycles. The molecular formula is C15H23NO3S. The van der Waals surface area contributed by atoms with Crippen molar-refractivity contribution < 1.29 is 13.5 Å². The average Bonchev–Trinajstić information content (AvgIpc) is 2.83. The molecule has 0 bridgehead atoms. The second kappa shape index (κ2) is 6.70. The fraction of sp³-hybridized carbons (Fsp3) is 0.600. The number of rotatable bonds is 6. The number of aliphatic hydroxyl groups excluding tert-OH is 1. The summed E-state index contributed by atoms with van der Waals surface area (Å²) in [6, 6.07) is 9.65. The molecule has 4 nitrogen and oxygen atoms in total. The third-order valence-electron chi connectivity index (χ3n) is 4.02. The normalized spacial score (nSPS) is 24.7. The summed E-state index contributed by atoms with van der Waals surface area (Å²) < 4.78 is 26.8. The van der Waals surface area contributed by atoms with Gasteiger partial charge in [0.15, 0.2) is 0 Å². The summed E-state index contributed by atoms with van der Waals surface area (Å²) in [5.41, 5.74) is 1.03. The van der Waals surface area contributed by atoms with E-state index in [2.05, 4.69) is 4.72 Å². The summed E-state index contributed by atoms with van der Waals surface area (Å²) in [6.07, 6.45) is 2.31. The number of hydrogen-bond acceptors (Lipinski definition) is 3. The van der Waals surface area contributed by atoms with Gasteiger partial charge in [0.1, 0.15) is 0 Å². The van der Waals surface area contributed by atoms with E-state index in [1.54, 1.807) is 0 Å². The lowest BCUT2D eigenvalue weighted by Gasteiger charge is -2.17. The van der Waals surface area contributed by atoms with Crippen molar-refractivity contribution in [2.24, 2.45) is 5.92 Å². The van der Waals surface area contributed by atoms with Gasteiger partial charge in [0.2, 0.25) is 10.0 Å². The number of aliphatic hydroxyl groups is 1. The second-order valence-electron chi connectivity index (χ2n) is 5.70. The molecule has 1 saturated carbocycles. The molecule has 112 valence electrons. The zero-order chi connectivity index (χ0) is 14.6. The zero-order valence-corrected chi connectivity index (χ0v) is 12.6. The van der Waals surface area contributed by atoms with Crippen molar-refractivity contribution in [1.82, 2.24) is 4.72 Å². The van der Waals surface area contributed by atoms with Crippen LogP contribution < -0.4 is 4.72 Å². The van der Waals surface area contributed by atoms with Gasteiger partial charge in [-0.2, -0.15) is 0 Å². The van der Waals surface area contributed by atoms with Crippen LogP contribution in [0.5, 0.6) is 0 Å². The van der Waals surface area contributed by atoms with E-state index in [-0.39, 0.29) is 23.7 Å². The van der Waals surface area contributed by atoms with E-state index in [1.165, 1.54) is 0 Å². The van der Waals surface area contributed by atoms with Crippen molar-refractivity contribution >= 4 is 10.0 Å². The van der Waals surface area contributed by atoms with Crippen LogP contribution in [0.3, 0.4) is 0 Å². The maximum atomic E-state index is 12.1. The highest BCUT2D eigenvalue weighted by molar-refractivity contribution is 7.89. The average molecular weight is 297 g/mol. The third-order valence-corrected chi connectivity index (χ3v) is 5.57. The summed E-state index contributed by atoms with van der Waals surface area (Å²) in [4.78, 5) is 0. The van der Waals surface area contributed by atoms with E-state index >= 15 is 0 Å². The Kier molecular flexibility index (Phi) is 5.18. The summed E-state index contributed by atoms with van der Waals surface area (Å²) in [7, 11) is -3.30. The highest BCUT2D eigenvalue weighted by Gasteiger charge is 2.27. The Morgan fingerprint density at radius 3 is 2.60 bits per heavy atom. The van der Waals surface area contributed by atoms with Gasteiger partial charge in [-0.15, -0.1) is 0 Å². The molecule has 1 aromatic carbocycles. The van der Waals surface area contributed by atoms with Gasteiger partial charge in [0.05, 0.1) is 11.9 Å². The van der Waals surface area contributed by atoms with Gasteiger partial charge in [-0.1, -0.05) is 43.7 Å². The summed E-state index contributed by atoms with van der Waals surface area (Å²) >= 11 is 0. The molecule has 0 radical (unpaired) electrons. The minimum absolute atomic E-state index is 0.0396. The lowest BCUT2D eigenvalue weighted by molar-refractivity contribution is 0.134. The maximum Gasteiger partial charge on any atom is 0.212 e. The van der Waals surface area contributed by atoms with Crippen LogP contribution in [-0.4, -0.2) is 31.9 Å². The molecule has 3 atom stereocenters. The Balaban J connectivity index is 1.87. The maximum absolute atomic E-state index is 12.1. The van der Waals surface area contributed by atoms with Gasteiger partial charge in [-0.25, -0.2) is 13.1 Å². The first-order valence-electron chi connectivity index (χ1n) is 7.18. The monoisotopic (exact) mass is 297 g/mol. The van der Waals surface area contributed by atoms with Crippen LogP contribution in [0.1, 0.15) is 37.7 Å². The summed E-state index contributed by atoms with van der Waals surface area (Å²) in [5.74, 6) is 0.110. The van der Waals surface area contributed by atoms with Crippen LogP contribution in [0.4, 0.5) is 0 Å². The molecule has 2 rings (SSSR count). The van der Waals surface area contributed by atoms with Crippen LogP contribution in [-0.2, 0) is 10.0 Å². The van der Waals surface area contributed by atoms with Crippen LogP contribution >= 0.6 is 0 Å². The van der Waals surface area contributed by atoms with E-state index in [1.807, 2.05) is 37.3 Å². The van der Waals surface area contributed by atoms with E-state index < -0.39 is 10.0 Å². The molecule has 0 amide bonds. The van der Waals surface area contributed by atoms with Crippen molar-refractivity contribution in [3.8, 4) is 0 Å². The van der Waals surface area contributed by atoms with Crippen LogP contribution in [0.2, 0.25) is 0 Å². The topological polar surface area (TPSA) is 66.4 Å². The molecule has 5 heteroatoms. The van der Waals surface area contributed by atoms with Crippen molar-refractivity contribution in [3.63, 3.8) is 0 Å². The third kappa shape index (κ3) is 4.30. The molecule has 0 spiro atoms. The first-order chi connectivity index (χ1) is 9.48. The Bertz CT molecular complexity index is 515. The molecule has 1 aliphatic rings. The Labute approximate surface area is 121 Å². The predicted octanol–water partition coefficient (Wildman–Crippen LogP) is 1.87. The smallest absolute Gasteiger partial charge is 0.212 e. The fourth-order valence-corrected chi connectivity index (χ4v) is 4.19. The number of benzene rings is 1. The van der Waals surface area contributed by atoms with Gasteiger partial charge in [0.25, 0.3) is 0 Å². The van der Waals surface area contributed by atoms with E-state index in [0.29, 0.717) is 6.54 Å². The quantitative estimate of drug-likeness (QED) is 0.842. The van der Waals surface area contributed by atoms with Gasteiger partial charge in [-0.05, 0) is 30.2 Å². The summed E-state index contributed by atoms with van der Waals surface area (Å²) in [6.45, 7) is 2.27. The van der Waals surface area contributed by atoms with Gasteiger partial charge < -0.3 is 5.11 Å². The lowest BCUT2D eigenvalue weighted by atomic mass is 10.0. The van der Waals surface area contributed by atoms with Crippen LogP contribution in [0.15, 0.2) is 30.3 Å². The minimum Gasteiger partial charge on any atom is -0.393 e. The Morgan fingerprint density at radius 2 is 2.00 bits per heavy atom. The number of sulfonamides is 1. The van der Waals surface area contributed by atoms with Gasteiger partial charge in [0, 0.05) is 6.54 Å². The molecule has 20 heavy (non-hydrogen) atoms. The molecule has 1 fully saturated rings. The molecule has 3 unspecified atom stereocenters.